The lowest BCUT2D eigenvalue weighted by atomic mass is 10.3. The first-order valence-corrected chi connectivity index (χ1v) is 8.29. The van der Waals surface area contributed by atoms with Crippen LogP contribution in [0.2, 0.25) is 5.02 Å². The molecule has 24 heavy (non-hydrogen) atoms. The number of rotatable bonds is 5. The molecule has 3 aromatic rings. The molecule has 1 atom stereocenters. The number of amides is 1. The fourth-order valence-corrected chi connectivity index (χ4v) is 3.11. The number of carbonyl (C=O) groups excluding carboxylic acids is 1. The Hall–Kier alpha value is -2.32. The molecule has 0 spiro atoms. The molecular formula is C15H14ClN5O2S. The lowest BCUT2D eigenvalue weighted by molar-refractivity contribution is -0.115. The van der Waals surface area contributed by atoms with Gasteiger partial charge in [0, 0.05) is 11.8 Å². The number of fused-ring (bicyclic) bond motifs is 1. The number of methoxy groups -OCH3 is 1. The molecule has 0 saturated heterocycles. The van der Waals surface area contributed by atoms with Gasteiger partial charge in [-0.3, -0.25) is 4.79 Å². The Bertz CT molecular complexity index is 885. The third-order valence-corrected chi connectivity index (χ3v) is 4.68. The summed E-state index contributed by atoms with van der Waals surface area (Å²) >= 11 is 7.31. The highest BCUT2D eigenvalue weighted by Crippen LogP contribution is 2.29. The first-order valence-electron chi connectivity index (χ1n) is 7.03. The van der Waals surface area contributed by atoms with E-state index < -0.39 is 0 Å². The molecule has 2 aromatic heterocycles. The number of thioether (sulfide) groups is 1. The molecule has 0 aliphatic heterocycles. The molecule has 124 valence electrons. The zero-order chi connectivity index (χ0) is 17.1. The van der Waals surface area contributed by atoms with Gasteiger partial charge in [0.05, 0.1) is 23.7 Å². The molecule has 2 N–H and O–H groups in total. The highest BCUT2D eigenvalue weighted by atomic mass is 35.5. The van der Waals surface area contributed by atoms with Crippen LogP contribution in [-0.2, 0) is 4.79 Å². The summed E-state index contributed by atoms with van der Waals surface area (Å²) in [6, 6.07) is 5.07. The fraction of sp³-hybridized carbons (Fsp3) is 0.200. The third-order valence-electron chi connectivity index (χ3n) is 3.26. The summed E-state index contributed by atoms with van der Waals surface area (Å²) in [5.74, 6) is 0.348. The average Bonchev–Trinajstić information content (AvgIpc) is 3.06. The lowest BCUT2D eigenvalue weighted by Crippen LogP contribution is -2.22. The number of aromatic nitrogens is 4. The predicted molar refractivity (Wildman–Crippen MR) is 93.6 cm³/mol. The van der Waals surface area contributed by atoms with E-state index in [1.54, 1.807) is 31.5 Å². The van der Waals surface area contributed by atoms with Crippen molar-refractivity contribution in [2.75, 3.05) is 12.4 Å². The van der Waals surface area contributed by atoms with Crippen LogP contribution in [0.15, 0.2) is 35.9 Å². The van der Waals surface area contributed by atoms with Crippen molar-refractivity contribution in [1.82, 2.24) is 19.9 Å². The number of H-pyrrole nitrogens is 1. The highest BCUT2D eigenvalue weighted by molar-refractivity contribution is 8.00. The minimum atomic E-state index is -0.368. The number of nitrogens with zero attached hydrogens (tertiary/aromatic N) is 3. The van der Waals surface area contributed by atoms with Gasteiger partial charge < -0.3 is 15.0 Å². The molecule has 1 aromatic carbocycles. The van der Waals surface area contributed by atoms with Crippen molar-refractivity contribution < 1.29 is 9.53 Å². The normalized spacial score (nSPS) is 12.1. The number of ether oxygens (including phenoxy) is 1. The molecule has 7 nitrogen and oxygen atoms in total. The predicted octanol–water partition coefficient (Wildman–Crippen LogP) is 3.13. The summed E-state index contributed by atoms with van der Waals surface area (Å²) in [6.07, 6.45) is 2.98. The first-order chi connectivity index (χ1) is 11.6. The largest absolute Gasteiger partial charge is 0.495 e. The Kier molecular flexibility index (Phi) is 4.86. The standard InChI is InChI=1S/C15H14ClN5O2S/c1-8(24-15-12-13(18-6-17-12)19-7-20-15)14(22)21-9-3-4-10(16)11(5-9)23-2/h3-8H,1-2H3,(H,21,22)(H,17,18,19,20). The lowest BCUT2D eigenvalue weighted by Gasteiger charge is -2.13. The van der Waals surface area contributed by atoms with E-state index in [1.807, 2.05) is 0 Å². The number of hydrogen-bond donors (Lipinski definition) is 2. The highest BCUT2D eigenvalue weighted by Gasteiger charge is 2.18. The number of carbonyl (C=O) groups is 1. The second-order valence-corrected chi connectivity index (χ2v) is 6.62. The molecule has 1 amide bonds. The number of benzene rings is 1. The van der Waals surface area contributed by atoms with E-state index in [0.717, 1.165) is 5.52 Å². The minimum absolute atomic E-state index is 0.157. The molecule has 0 fully saturated rings. The molecule has 2 heterocycles. The number of imidazole rings is 1. The summed E-state index contributed by atoms with van der Waals surface area (Å²) in [5.41, 5.74) is 1.90. The number of anilines is 1. The van der Waals surface area contributed by atoms with Crippen molar-refractivity contribution in [2.24, 2.45) is 0 Å². The number of hydrogen-bond acceptors (Lipinski definition) is 6. The number of aromatic amines is 1. The maximum absolute atomic E-state index is 12.4. The monoisotopic (exact) mass is 363 g/mol. The Morgan fingerprint density at radius 1 is 1.38 bits per heavy atom. The molecule has 0 aliphatic rings. The zero-order valence-corrected chi connectivity index (χ0v) is 14.5. The first kappa shape index (κ1) is 16.5. The number of halogens is 1. The van der Waals surface area contributed by atoms with E-state index >= 15 is 0 Å². The second-order valence-electron chi connectivity index (χ2n) is 4.88. The number of nitrogens with one attached hydrogen (secondary N) is 2. The molecule has 3 rings (SSSR count). The van der Waals surface area contributed by atoms with Crippen LogP contribution in [0, 0.1) is 0 Å². The summed E-state index contributed by atoms with van der Waals surface area (Å²) in [5, 5.41) is 3.63. The van der Waals surface area contributed by atoms with Crippen LogP contribution in [-0.4, -0.2) is 38.2 Å². The minimum Gasteiger partial charge on any atom is -0.495 e. The summed E-state index contributed by atoms with van der Waals surface area (Å²) in [6.45, 7) is 1.80. The van der Waals surface area contributed by atoms with Crippen LogP contribution in [0.4, 0.5) is 5.69 Å². The van der Waals surface area contributed by atoms with E-state index in [-0.39, 0.29) is 11.2 Å². The van der Waals surface area contributed by atoms with Gasteiger partial charge in [-0.15, -0.1) is 0 Å². The van der Waals surface area contributed by atoms with Gasteiger partial charge in [0.1, 0.15) is 22.6 Å². The van der Waals surface area contributed by atoms with Gasteiger partial charge in [0.25, 0.3) is 0 Å². The van der Waals surface area contributed by atoms with Crippen molar-refractivity contribution in [2.45, 2.75) is 17.2 Å². The van der Waals surface area contributed by atoms with Crippen LogP contribution in [0.25, 0.3) is 11.2 Å². The maximum Gasteiger partial charge on any atom is 0.237 e. The van der Waals surface area contributed by atoms with E-state index in [4.69, 9.17) is 16.3 Å². The summed E-state index contributed by atoms with van der Waals surface area (Å²) < 4.78 is 5.15. The smallest absolute Gasteiger partial charge is 0.237 e. The van der Waals surface area contributed by atoms with Gasteiger partial charge in [-0.05, 0) is 19.1 Å². The van der Waals surface area contributed by atoms with Crippen LogP contribution in [0.1, 0.15) is 6.92 Å². The summed E-state index contributed by atoms with van der Waals surface area (Å²) in [7, 11) is 1.52. The molecule has 0 bridgehead atoms. The van der Waals surface area contributed by atoms with Crippen LogP contribution < -0.4 is 10.1 Å². The Balaban J connectivity index is 1.72. The van der Waals surface area contributed by atoms with Crippen LogP contribution in [0.5, 0.6) is 5.75 Å². The molecule has 0 radical (unpaired) electrons. The van der Waals surface area contributed by atoms with Gasteiger partial charge >= 0.3 is 0 Å². The van der Waals surface area contributed by atoms with Gasteiger partial charge in [0.15, 0.2) is 5.65 Å². The fourth-order valence-electron chi connectivity index (χ4n) is 2.03. The maximum atomic E-state index is 12.4. The van der Waals surface area contributed by atoms with E-state index in [9.17, 15) is 4.79 Å². The van der Waals surface area contributed by atoms with Crippen molar-refractivity contribution in [1.29, 1.82) is 0 Å². The van der Waals surface area contributed by atoms with Crippen molar-refractivity contribution in [3.8, 4) is 5.75 Å². The quantitative estimate of drug-likeness (QED) is 0.534. The SMILES string of the molecule is COc1cc(NC(=O)C(C)Sc2ncnc3nc[nH]c23)ccc1Cl. The van der Waals surface area contributed by atoms with Crippen molar-refractivity contribution in [3.63, 3.8) is 0 Å². The molecule has 1 unspecified atom stereocenters. The third kappa shape index (κ3) is 3.44. The van der Waals surface area contributed by atoms with E-state index in [2.05, 4.69) is 25.3 Å². The van der Waals surface area contributed by atoms with Gasteiger partial charge in [-0.25, -0.2) is 15.0 Å². The second kappa shape index (κ2) is 7.06. The van der Waals surface area contributed by atoms with Crippen LogP contribution in [0.3, 0.4) is 0 Å². The van der Waals surface area contributed by atoms with Gasteiger partial charge in [-0.2, -0.15) is 0 Å². The molecular weight excluding hydrogens is 350 g/mol. The topological polar surface area (TPSA) is 92.8 Å². The van der Waals surface area contributed by atoms with E-state index in [1.165, 1.54) is 25.2 Å². The summed E-state index contributed by atoms with van der Waals surface area (Å²) in [4.78, 5) is 27.7. The Labute approximate surface area is 147 Å². The van der Waals surface area contributed by atoms with Crippen molar-refractivity contribution >= 4 is 46.1 Å². The van der Waals surface area contributed by atoms with Gasteiger partial charge in [0.2, 0.25) is 5.91 Å². The average molecular weight is 364 g/mol. The molecule has 0 aliphatic carbocycles. The van der Waals surface area contributed by atoms with Crippen molar-refractivity contribution in [3.05, 3.63) is 35.9 Å². The molecule has 9 heteroatoms. The molecule has 0 saturated carbocycles. The zero-order valence-electron chi connectivity index (χ0n) is 12.9. The van der Waals surface area contributed by atoms with E-state index in [0.29, 0.717) is 27.1 Å². The van der Waals surface area contributed by atoms with Gasteiger partial charge in [-0.1, -0.05) is 23.4 Å². The van der Waals surface area contributed by atoms with Crippen LogP contribution >= 0.6 is 23.4 Å². The Morgan fingerprint density at radius 3 is 3.00 bits per heavy atom. The Morgan fingerprint density at radius 2 is 2.21 bits per heavy atom.